The summed E-state index contributed by atoms with van der Waals surface area (Å²) < 4.78 is 0. The minimum Gasteiger partial charge on any atom is -0.299 e. The molecule has 3 aliphatic carbocycles. The number of benzene rings is 2. The van der Waals surface area contributed by atoms with Gasteiger partial charge in [0.25, 0.3) is 0 Å². The fourth-order valence-electron chi connectivity index (χ4n) is 5.52. The molecule has 2 bridgehead atoms. The first-order valence-corrected chi connectivity index (χ1v) is 9.32. The summed E-state index contributed by atoms with van der Waals surface area (Å²) in [5, 5.41) is 2.63. The van der Waals surface area contributed by atoms with Crippen molar-refractivity contribution < 1.29 is 4.79 Å². The van der Waals surface area contributed by atoms with Crippen LogP contribution in [0.15, 0.2) is 42.5 Å². The number of fused-ring (bicyclic) bond motifs is 6. The van der Waals surface area contributed by atoms with Gasteiger partial charge in [-0.05, 0) is 58.1 Å². The van der Waals surface area contributed by atoms with Gasteiger partial charge in [-0.25, -0.2) is 0 Å². The largest absolute Gasteiger partial charge is 0.299 e. The van der Waals surface area contributed by atoms with Gasteiger partial charge in [-0.3, -0.25) is 4.79 Å². The number of Topliss-reactive ketones (excluding diaryl/α,β-unsaturated/α-hetero) is 1. The summed E-state index contributed by atoms with van der Waals surface area (Å²) in [4.78, 5) is 12.6. The molecule has 0 saturated heterocycles. The van der Waals surface area contributed by atoms with Crippen LogP contribution >= 0.6 is 0 Å². The zero-order chi connectivity index (χ0) is 16.5. The molecule has 1 saturated carbocycles. The lowest BCUT2D eigenvalue weighted by atomic mass is 9.62. The molecule has 122 valence electrons. The summed E-state index contributed by atoms with van der Waals surface area (Å²) in [7, 11) is 0. The summed E-state index contributed by atoms with van der Waals surface area (Å²) in [5.41, 5.74) is 4.24. The number of hydrogen-bond donors (Lipinski definition) is 0. The first kappa shape index (κ1) is 14.5. The highest BCUT2D eigenvalue weighted by Gasteiger charge is 2.52. The molecule has 0 radical (unpaired) electrons. The van der Waals surface area contributed by atoms with Crippen LogP contribution in [0.5, 0.6) is 0 Å². The molecule has 3 unspecified atom stereocenters. The van der Waals surface area contributed by atoms with Crippen molar-refractivity contribution in [3.05, 3.63) is 59.2 Å². The second kappa shape index (κ2) is 4.81. The molecule has 1 spiro atoms. The van der Waals surface area contributed by atoms with Crippen LogP contribution in [0.2, 0.25) is 0 Å². The molecule has 3 aliphatic rings. The lowest BCUT2D eigenvalue weighted by Gasteiger charge is -2.40. The highest BCUT2D eigenvalue weighted by molar-refractivity contribution is 5.91. The Hall–Kier alpha value is -1.89. The van der Waals surface area contributed by atoms with Gasteiger partial charge in [-0.15, -0.1) is 0 Å². The van der Waals surface area contributed by atoms with E-state index in [1.54, 1.807) is 0 Å². The first-order valence-electron chi connectivity index (χ1n) is 9.32. The van der Waals surface area contributed by atoms with Crippen LogP contribution in [0.3, 0.4) is 0 Å². The minimum absolute atomic E-state index is 0.0923. The predicted octanol–water partition coefficient (Wildman–Crippen LogP) is 5.31. The zero-order valence-corrected chi connectivity index (χ0v) is 14.5. The Morgan fingerprint density at radius 1 is 1.08 bits per heavy atom. The molecule has 5 rings (SSSR count). The van der Waals surface area contributed by atoms with Crippen molar-refractivity contribution in [2.45, 2.75) is 50.9 Å². The van der Waals surface area contributed by atoms with E-state index in [2.05, 4.69) is 56.3 Å². The maximum Gasteiger partial charge on any atom is 0.138 e. The van der Waals surface area contributed by atoms with Gasteiger partial charge in [0.2, 0.25) is 0 Å². The summed E-state index contributed by atoms with van der Waals surface area (Å²) >= 11 is 0. The van der Waals surface area contributed by atoms with E-state index in [1.165, 1.54) is 40.3 Å². The quantitative estimate of drug-likeness (QED) is 0.651. The van der Waals surface area contributed by atoms with Gasteiger partial charge in [0, 0.05) is 18.3 Å². The van der Waals surface area contributed by atoms with Crippen LogP contribution in [0.1, 0.15) is 55.7 Å². The van der Waals surface area contributed by atoms with Crippen molar-refractivity contribution in [3.8, 4) is 0 Å². The molecule has 0 amide bonds. The van der Waals surface area contributed by atoms with E-state index in [9.17, 15) is 4.79 Å². The molecule has 1 nitrogen and oxygen atoms in total. The second-order valence-electron chi connectivity index (χ2n) is 8.51. The fraction of sp³-hybridized carbons (Fsp3) is 0.435. The van der Waals surface area contributed by atoms with Crippen molar-refractivity contribution in [3.63, 3.8) is 0 Å². The van der Waals surface area contributed by atoms with Gasteiger partial charge in [0.1, 0.15) is 5.78 Å². The number of ketones is 1. The van der Waals surface area contributed by atoms with Gasteiger partial charge in [0.15, 0.2) is 0 Å². The van der Waals surface area contributed by atoms with E-state index >= 15 is 0 Å². The van der Waals surface area contributed by atoms with Crippen LogP contribution in [-0.4, -0.2) is 5.78 Å². The van der Waals surface area contributed by atoms with Crippen LogP contribution in [-0.2, 0) is 16.6 Å². The second-order valence-corrected chi connectivity index (χ2v) is 8.51. The number of rotatable bonds is 1. The Bertz CT molecular complexity index is 888. The maximum atomic E-state index is 12.6. The first-order chi connectivity index (χ1) is 11.5. The molecule has 0 N–H and O–H groups in total. The van der Waals surface area contributed by atoms with Crippen molar-refractivity contribution in [2.75, 3.05) is 0 Å². The normalized spacial score (nSPS) is 30.7. The molecule has 2 aromatic rings. The van der Waals surface area contributed by atoms with Crippen LogP contribution in [0, 0.1) is 11.8 Å². The Kier molecular flexibility index (Phi) is 2.90. The van der Waals surface area contributed by atoms with E-state index in [-0.39, 0.29) is 5.41 Å². The molecule has 1 fully saturated rings. The van der Waals surface area contributed by atoms with Crippen molar-refractivity contribution in [1.29, 1.82) is 0 Å². The summed E-state index contributed by atoms with van der Waals surface area (Å²) in [6.07, 6.45) is 8.56. The predicted molar refractivity (Wildman–Crippen MR) is 98.4 cm³/mol. The van der Waals surface area contributed by atoms with Gasteiger partial charge < -0.3 is 0 Å². The standard InChI is InChI=1S/C23H24O/c1-14(2)16-4-5-17-11-22-19(9-18(17)8-16)10-21(24)13-23(22)12-15-3-6-20(23)7-15/h3-6,8-9,11,14-15,20H,7,10,12-13H2,1-2H3. The average Bonchev–Trinajstić information content (AvgIpc) is 3.14. The topological polar surface area (TPSA) is 17.1 Å². The monoisotopic (exact) mass is 316 g/mol. The third kappa shape index (κ3) is 1.90. The molecule has 2 aromatic carbocycles. The van der Waals surface area contributed by atoms with Crippen LogP contribution in [0.4, 0.5) is 0 Å². The summed E-state index contributed by atoms with van der Waals surface area (Å²) in [6, 6.07) is 11.6. The third-order valence-corrected chi connectivity index (χ3v) is 6.70. The summed E-state index contributed by atoms with van der Waals surface area (Å²) in [6.45, 7) is 4.47. The van der Waals surface area contributed by atoms with E-state index in [0.29, 0.717) is 30.0 Å². The molecule has 0 aliphatic heterocycles. The fourth-order valence-corrected chi connectivity index (χ4v) is 5.52. The molecule has 0 heterocycles. The Morgan fingerprint density at radius 3 is 2.67 bits per heavy atom. The van der Waals surface area contributed by atoms with Crippen molar-refractivity contribution >= 4 is 16.6 Å². The van der Waals surface area contributed by atoms with Crippen LogP contribution in [0.25, 0.3) is 10.8 Å². The highest BCUT2D eigenvalue weighted by Crippen LogP contribution is 2.58. The van der Waals surface area contributed by atoms with Crippen molar-refractivity contribution in [2.24, 2.45) is 11.8 Å². The lowest BCUT2D eigenvalue weighted by Crippen LogP contribution is -2.38. The van der Waals surface area contributed by atoms with E-state index in [0.717, 1.165) is 6.42 Å². The number of hydrogen-bond acceptors (Lipinski definition) is 1. The van der Waals surface area contributed by atoms with Crippen LogP contribution < -0.4 is 0 Å². The average molecular weight is 316 g/mol. The minimum atomic E-state index is 0.0923. The molecule has 0 aromatic heterocycles. The smallest absolute Gasteiger partial charge is 0.138 e. The van der Waals surface area contributed by atoms with E-state index < -0.39 is 0 Å². The van der Waals surface area contributed by atoms with Gasteiger partial charge in [0.05, 0.1) is 0 Å². The Labute approximate surface area is 143 Å². The Morgan fingerprint density at radius 2 is 1.96 bits per heavy atom. The molecular weight excluding hydrogens is 292 g/mol. The Balaban J connectivity index is 1.72. The third-order valence-electron chi connectivity index (χ3n) is 6.70. The number of allylic oxidation sites excluding steroid dienone is 2. The molecule has 3 atom stereocenters. The summed E-state index contributed by atoms with van der Waals surface area (Å²) in [5.74, 6) is 2.22. The lowest BCUT2D eigenvalue weighted by molar-refractivity contribution is -0.120. The van der Waals surface area contributed by atoms with Crippen molar-refractivity contribution in [1.82, 2.24) is 0 Å². The SMILES string of the molecule is CC(C)c1ccc2cc3c(cc2c1)CC(=O)CC31CC2C=CC1C2. The number of carbonyl (C=O) groups is 1. The van der Waals surface area contributed by atoms with E-state index in [1.807, 2.05) is 0 Å². The van der Waals surface area contributed by atoms with E-state index in [4.69, 9.17) is 0 Å². The molecular formula is C23H24O. The maximum absolute atomic E-state index is 12.6. The molecule has 24 heavy (non-hydrogen) atoms. The highest BCUT2D eigenvalue weighted by atomic mass is 16.1. The number of carbonyl (C=O) groups excluding carboxylic acids is 1. The molecule has 1 heteroatoms. The zero-order valence-electron chi connectivity index (χ0n) is 14.5. The van der Waals surface area contributed by atoms with Gasteiger partial charge in [-0.1, -0.05) is 56.3 Å². The van der Waals surface area contributed by atoms with Gasteiger partial charge in [-0.2, -0.15) is 0 Å². The van der Waals surface area contributed by atoms with Gasteiger partial charge >= 0.3 is 0 Å².